The van der Waals surface area contributed by atoms with Crippen LogP contribution in [0.4, 0.5) is 11.4 Å². The largest absolute Gasteiger partial charge is 0.478 e. The van der Waals surface area contributed by atoms with Crippen LogP contribution in [0.25, 0.3) is 0 Å². The highest BCUT2D eigenvalue weighted by atomic mass is 35.5. The molecule has 0 saturated heterocycles. The van der Waals surface area contributed by atoms with E-state index in [0.717, 1.165) is 5.56 Å². The Morgan fingerprint density at radius 3 is 2.47 bits per heavy atom. The zero-order chi connectivity index (χ0) is 13.8. The van der Waals surface area contributed by atoms with E-state index in [1.807, 2.05) is 24.3 Å². The van der Waals surface area contributed by atoms with Gasteiger partial charge in [0.25, 0.3) is 0 Å². The number of benzene rings is 2. The van der Waals surface area contributed by atoms with Crippen molar-refractivity contribution in [1.82, 2.24) is 0 Å². The van der Waals surface area contributed by atoms with Crippen LogP contribution in [0.2, 0.25) is 5.02 Å². The van der Waals surface area contributed by atoms with Gasteiger partial charge in [-0.25, -0.2) is 4.79 Å². The van der Waals surface area contributed by atoms with E-state index in [0.29, 0.717) is 22.9 Å². The highest BCUT2D eigenvalue weighted by molar-refractivity contribution is 6.30. The first-order valence-electron chi connectivity index (χ1n) is 5.67. The molecule has 0 aliphatic rings. The van der Waals surface area contributed by atoms with Crippen molar-refractivity contribution in [3.05, 3.63) is 58.6 Å². The fourth-order valence-electron chi connectivity index (χ4n) is 1.66. The molecule has 0 heterocycles. The number of carboxylic acid groups (broad SMARTS) is 1. The first kappa shape index (κ1) is 13.2. The number of carboxylic acids is 1. The van der Waals surface area contributed by atoms with E-state index in [1.165, 1.54) is 12.1 Å². The van der Waals surface area contributed by atoms with Gasteiger partial charge in [0.1, 0.15) is 0 Å². The molecule has 0 aliphatic carbocycles. The molecule has 0 spiro atoms. The normalized spacial score (nSPS) is 10.2. The van der Waals surface area contributed by atoms with E-state index in [2.05, 4.69) is 5.32 Å². The summed E-state index contributed by atoms with van der Waals surface area (Å²) >= 11 is 5.81. The van der Waals surface area contributed by atoms with Crippen LogP contribution in [0.3, 0.4) is 0 Å². The van der Waals surface area contributed by atoms with Gasteiger partial charge in [-0.1, -0.05) is 23.7 Å². The van der Waals surface area contributed by atoms with Gasteiger partial charge in [-0.15, -0.1) is 0 Å². The first-order valence-corrected chi connectivity index (χ1v) is 6.05. The third-order valence-electron chi connectivity index (χ3n) is 2.69. The summed E-state index contributed by atoms with van der Waals surface area (Å²) in [7, 11) is 0. The molecular weight excluding hydrogens is 264 g/mol. The fraction of sp³-hybridized carbons (Fsp3) is 0.0714. The molecule has 0 atom stereocenters. The highest BCUT2D eigenvalue weighted by Gasteiger charge is 2.06. The van der Waals surface area contributed by atoms with Crippen molar-refractivity contribution >= 4 is 28.9 Å². The number of anilines is 2. The van der Waals surface area contributed by atoms with Gasteiger partial charge in [0.15, 0.2) is 0 Å². The zero-order valence-electron chi connectivity index (χ0n) is 10.1. The van der Waals surface area contributed by atoms with Gasteiger partial charge in [-0.05, 0) is 35.9 Å². The number of nitrogen functional groups attached to an aromatic ring is 1. The summed E-state index contributed by atoms with van der Waals surface area (Å²) < 4.78 is 0. The maximum Gasteiger partial charge on any atom is 0.335 e. The van der Waals surface area contributed by atoms with Crippen molar-refractivity contribution < 1.29 is 9.90 Å². The predicted molar refractivity (Wildman–Crippen MR) is 76.6 cm³/mol. The van der Waals surface area contributed by atoms with E-state index in [1.54, 1.807) is 6.07 Å². The molecule has 2 aromatic rings. The Bertz CT molecular complexity index is 597. The molecule has 4 N–H and O–H groups in total. The van der Waals surface area contributed by atoms with Gasteiger partial charge in [-0.3, -0.25) is 0 Å². The number of hydrogen-bond acceptors (Lipinski definition) is 3. The number of halogens is 1. The molecule has 0 bridgehead atoms. The molecule has 2 aromatic carbocycles. The van der Waals surface area contributed by atoms with Crippen LogP contribution in [-0.4, -0.2) is 11.1 Å². The minimum atomic E-state index is -0.990. The molecule has 0 unspecified atom stereocenters. The number of aromatic carboxylic acids is 1. The third kappa shape index (κ3) is 3.39. The van der Waals surface area contributed by atoms with Crippen LogP contribution < -0.4 is 11.1 Å². The van der Waals surface area contributed by atoms with Crippen LogP contribution >= 0.6 is 11.6 Å². The molecule has 0 aromatic heterocycles. The van der Waals surface area contributed by atoms with Crippen LogP contribution in [0.1, 0.15) is 15.9 Å². The highest BCUT2D eigenvalue weighted by Crippen LogP contribution is 2.21. The summed E-state index contributed by atoms with van der Waals surface area (Å²) in [6.45, 7) is 0.591. The number of nitrogens with two attached hydrogens (primary N) is 1. The van der Waals surface area contributed by atoms with Gasteiger partial charge in [-0.2, -0.15) is 0 Å². The van der Waals surface area contributed by atoms with Crippen LogP contribution in [0, 0.1) is 0 Å². The molecule has 5 heteroatoms. The van der Waals surface area contributed by atoms with Crippen LogP contribution in [0.5, 0.6) is 0 Å². The van der Waals surface area contributed by atoms with Crippen molar-refractivity contribution in [3.8, 4) is 0 Å². The average molecular weight is 277 g/mol. The lowest BCUT2D eigenvalue weighted by Gasteiger charge is -2.10. The lowest BCUT2D eigenvalue weighted by atomic mass is 10.1. The summed E-state index contributed by atoms with van der Waals surface area (Å²) in [6.07, 6.45) is 0. The van der Waals surface area contributed by atoms with Gasteiger partial charge in [0, 0.05) is 11.6 Å². The van der Waals surface area contributed by atoms with Crippen molar-refractivity contribution in [1.29, 1.82) is 0 Å². The van der Waals surface area contributed by atoms with Crippen molar-refractivity contribution in [2.45, 2.75) is 6.54 Å². The molecular formula is C14H13ClN2O2. The number of carbonyl (C=O) groups is 1. The minimum Gasteiger partial charge on any atom is -0.478 e. The van der Waals surface area contributed by atoms with Crippen molar-refractivity contribution in [3.63, 3.8) is 0 Å². The second kappa shape index (κ2) is 5.63. The first-order chi connectivity index (χ1) is 9.06. The van der Waals surface area contributed by atoms with Gasteiger partial charge >= 0.3 is 5.97 Å². The maximum absolute atomic E-state index is 10.8. The Balaban J connectivity index is 2.07. The van der Waals surface area contributed by atoms with E-state index < -0.39 is 5.97 Å². The third-order valence-corrected chi connectivity index (χ3v) is 2.95. The second-order valence-corrected chi connectivity index (χ2v) is 4.52. The molecule has 0 fully saturated rings. The van der Waals surface area contributed by atoms with E-state index in [4.69, 9.17) is 22.4 Å². The van der Waals surface area contributed by atoms with E-state index in [9.17, 15) is 4.79 Å². The number of rotatable bonds is 4. The van der Waals surface area contributed by atoms with Gasteiger partial charge in [0.05, 0.1) is 16.9 Å². The van der Waals surface area contributed by atoms with Crippen LogP contribution in [0.15, 0.2) is 42.5 Å². The summed E-state index contributed by atoms with van der Waals surface area (Å²) in [5.41, 5.74) is 8.16. The summed E-state index contributed by atoms with van der Waals surface area (Å²) in [6, 6.07) is 12.1. The molecule has 0 radical (unpaired) electrons. The maximum atomic E-state index is 10.8. The van der Waals surface area contributed by atoms with Crippen molar-refractivity contribution in [2.75, 3.05) is 11.1 Å². The smallest absolute Gasteiger partial charge is 0.335 e. The van der Waals surface area contributed by atoms with Crippen molar-refractivity contribution in [2.24, 2.45) is 0 Å². The lowest BCUT2D eigenvalue weighted by Crippen LogP contribution is -2.04. The Morgan fingerprint density at radius 1 is 1.21 bits per heavy atom. The topological polar surface area (TPSA) is 75.4 Å². The molecule has 0 saturated carbocycles. The summed E-state index contributed by atoms with van der Waals surface area (Å²) in [5, 5.41) is 12.7. The Morgan fingerprint density at radius 2 is 1.89 bits per heavy atom. The average Bonchev–Trinajstić information content (AvgIpc) is 2.39. The SMILES string of the molecule is Nc1cc(C(=O)O)ccc1NCc1ccc(Cl)cc1. The zero-order valence-corrected chi connectivity index (χ0v) is 10.8. The van der Waals surface area contributed by atoms with Crippen LogP contribution in [-0.2, 0) is 6.54 Å². The lowest BCUT2D eigenvalue weighted by molar-refractivity contribution is 0.0697. The predicted octanol–water partition coefficient (Wildman–Crippen LogP) is 3.23. The minimum absolute atomic E-state index is 0.176. The van der Waals surface area contributed by atoms with Gasteiger partial charge in [0.2, 0.25) is 0 Å². The standard InChI is InChI=1S/C14H13ClN2O2/c15-11-4-1-9(2-5-11)8-17-13-6-3-10(14(18)19)7-12(13)16/h1-7,17H,8,16H2,(H,18,19). The molecule has 0 aliphatic heterocycles. The molecule has 98 valence electrons. The van der Waals surface area contributed by atoms with E-state index >= 15 is 0 Å². The second-order valence-electron chi connectivity index (χ2n) is 4.09. The monoisotopic (exact) mass is 276 g/mol. The fourth-order valence-corrected chi connectivity index (χ4v) is 1.78. The molecule has 0 amide bonds. The summed E-state index contributed by atoms with van der Waals surface area (Å²) in [5.74, 6) is -0.990. The Kier molecular flexibility index (Phi) is 3.92. The molecule has 2 rings (SSSR count). The van der Waals surface area contributed by atoms with Gasteiger partial charge < -0.3 is 16.2 Å². The Labute approximate surface area is 115 Å². The number of nitrogens with one attached hydrogen (secondary N) is 1. The Hall–Kier alpha value is -2.20. The quantitative estimate of drug-likeness (QED) is 0.750. The summed E-state index contributed by atoms with van der Waals surface area (Å²) in [4.78, 5) is 10.8. The molecule has 4 nitrogen and oxygen atoms in total. The van der Waals surface area contributed by atoms with E-state index in [-0.39, 0.29) is 5.56 Å². The molecule has 19 heavy (non-hydrogen) atoms. The number of hydrogen-bond donors (Lipinski definition) is 3.